The van der Waals surface area contributed by atoms with Gasteiger partial charge in [0, 0.05) is 25.7 Å². The molecule has 0 bridgehead atoms. The van der Waals surface area contributed by atoms with Crippen LogP contribution in [0, 0.1) is 5.82 Å². The summed E-state index contributed by atoms with van der Waals surface area (Å²) in [5, 5.41) is 3.25. The van der Waals surface area contributed by atoms with Crippen LogP contribution in [0.2, 0.25) is 0 Å². The number of pyridine rings is 1. The second-order valence-electron chi connectivity index (χ2n) is 4.76. The van der Waals surface area contributed by atoms with Gasteiger partial charge < -0.3 is 10.2 Å². The van der Waals surface area contributed by atoms with E-state index in [0.29, 0.717) is 12.1 Å². The van der Waals surface area contributed by atoms with Crippen molar-refractivity contribution in [3.63, 3.8) is 0 Å². The molecule has 3 nitrogen and oxygen atoms in total. The lowest BCUT2D eigenvalue weighted by atomic mass is 10.2. The summed E-state index contributed by atoms with van der Waals surface area (Å²) in [6, 6.07) is 12.7. The number of halogens is 1. The molecule has 1 aromatic heterocycles. The number of nitrogens with one attached hydrogen (secondary N) is 1. The first kappa shape index (κ1) is 14.3. The highest BCUT2D eigenvalue weighted by Crippen LogP contribution is 2.17. The van der Waals surface area contributed by atoms with E-state index < -0.39 is 0 Å². The Hall–Kier alpha value is -2.10. The zero-order chi connectivity index (χ0) is 14.4. The highest BCUT2D eigenvalue weighted by molar-refractivity contribution is 5.47. The summed E-state index contributed by atoms with van der Waals surface area (Å²) < 4.78 is 13.7. The molecule has 0 aliphatic heterocycles. The van der Waals surface area contributed by atoms with E-state index in [9.17, 15) is 4.39 Å². The second kappa shape index (κ2) is 6.89. The molecule has 106 valence electrons. The van der Waals surface area contributed by atoms with Crippen molar-refractivity contribution in [2.24, 2.45) is 0 Å². The fourth-order valence-corrected chi connectivity index (χ4v) is 1.95. The zero-order valence-electron chi connectivity index (χ0n) is 11.9. The summed E-state index contributed by atoms with van der Waals surface area (Å²) in [7, 11) is 1.92. The first-order chi connectivity index (χ1) is 9.70. The first-order valence-corrected chi connectivity index (χ1v) is 6.86. The predicted molar refractivity (Wildman–Crippen MR) is 81.5 cm³/mol. The molecule has 1 aromatic carbocycles. The molecule has 0 radical (unpaired) electrons. The normalized spacial score (nSPS) is 10.3. The Morgan fingerprint density at radius 2 is 1.95 bits per heavy atom. The molecule has 20 heavy (non-hydrogen) atoms. The molecule has 0 fully saturated rings. The maximum atomic E-state index is 13.7. The number of anilines is 2. The van der Waals surface area contributed by atoms with Gasteiger partial charge in [-0.05, 0) is 24.6 Å². The van der Waals surface area contributed by atoms with E-state index in [1.807, 2.05) is 36.2 Å². The smallest absolute Gasteiger partial charge is 0.130 e. The Morgan fingerprint density at radius 1 is 1.15 bits per heavy atom. The standard InChI is InChI=1S/C16H20FN3/c1-3-11-18-15-9-6-10-16(19-15)20(2)12-13-7-4-5-8-14(13)17/h4-10H,3,11-12H2,1-2H3,(H,18,19). The highest BCUT2D eigenvalue weighted by atomic mass is 19.1. The van der Waals surface area contributed by atoms with Crippen LogP contribution in [-0.4, -0.2) is 18.6 Å². The van der Waals surface area contributed by atoms with Crippen LogP contribution in [0.4, 0.5) is 16.0 Å². The van der Waals surface area contributed by atoms with Crippen LogP contribution < -0.4 is 10.2 Å². The minimum atomic E-state index is -0.181. The molecule has 0 amide bonds. The van der Waals surface area contributed by atoms with Crippen LogP contribution >= 0.6 is 0 Å². The van der Waals surface area contributed by atoms with Crippen molar-refractivity contribution in [1.29, 1.82) is 0 Å². The second-order valence-corrected chi connectivity index (χ2v) is 4.76. The summed E-state index contributed by atoms with van der Waals surface area (Å²) in [6.07, 6.45) is 1.05. The highest BCUT2D eigenvalue weighted by Gasteiger charge is 2.07. The van der Waals surface area contributed by atoms with E-state index >= 15 is 0 Å². The van der Waals surface area contributed by atoms with E-state index in [4.69, 9.17) is 0 Å². The quantitative estimate of drug-likeness (QED) is 0.870. The minimum absolute atomic E-state index is 0.181. The molecule has 0 aliphatic carbocycles. The summed E-state index contributed by atoms with van der Waals surface area (Å²) in [4.78, 5) is 6.47. The molecule has 1 heterocycles. The number of benzene rings is 1. The minimum Gasteiger partial charge on any atom is -0.370 e. The third-order valence-corrected chi connectivity index (χ3v) is 3.05. The molecule has 2 aromatic rings. The maximum absolute atomic E-state index is 13.7. The Bertz CT molecular complexity index is 557. The lowest BCUT2D eigenvalue weighted by molar-refractivity contribution is 0.607. The van der Waals surface area contributed by atoms with Gasteiger partial charge in [-0.25, -0.2) is 9.37 Å². The lowest BCUT2D eigenvalue weighted by Gasteiger charge is -2.19. The molecule has 0 atom stereocenters. The van der Waals surface area contributed by atoms with Gasteiger partial charge in [0.2, 0.25) is 0 Å². The van der Waals surface area contributed by atoms with Gasteiger partial charge in [0.15, 0.2) is 0 Å². The number of hydrogen-bond donors (Lipinski definition) is 1. The van der Waals surface area contributed by atoms with Crippen LogP contribution in [0.3, 0.4) is 0 Å². The molecule has 0 aliphatic rings. The van der Waals surface area contributed by atoms with Gasteiger partial charge in [-0.2, -0.15) is 0 Å². The monoisotopic (exact) mass is 273 g/mol. The van der Waals surface area contributed by atoms with Gasteiger partial charge in [0.1, 0.15) is 17.5 Å². The molecule has 0 saturated carbocycles. The van der Waals surface area contributed by atoms with E-state index in [-0.39, 0.29) is 5.82 Å². The number of rotatable bonds is 6. The Kier molecular flexibility index (Phi) is 4.93. The van der Waals surface area contributed by atoms with Crippen LogP contribution in [0.15, 0.2) is 42.5 Å². The summed E-state index contributed by atoms with van der Waals surface area (Å²) in [5.41, 5.74) is 0.670. The largest absolute Gasteiger partial charge is 0.370 e. The van der Waals surface area contributed by atoms with Crippen LogP contribution in [-0.2, 0) is 6.54 Å². The first-order valence-electron chi connectivity index (χ1n) is 6.86. The fraction of sp³-hybridized carbons (Fsp3) is 0.312. The van der Waals surface area contributed by atoms with Crippen molar-refractivity contribution >= 4 is 11.6 Å². The van der Waals surface area contributed by atoms with Crippen molar-refractivity contribution in [3.8, 4) is 0 Å². The van der Waals surface area contributed by atoms with Crippen molar-refractivity contribution in [2.45, 2.75) is 19.9 Å². The van der Waals surface area contributed by atoms with Gasteiger partial charge >= 0.3 is 0 Å². The third-order valence-electron chi connectivity index (χ3n) is 3.05. The van der Waals surface area contributed by atoms with Crippen molar-refractivity contribution < 1.29 is 4.39 Å². The fourth-order valence-electron chi connectivity index (χ4n) is 1.95. The van der Waals surface area contributed by atoms with Gasteiger partial charge in [-0.1, -0.05) is 31.2 Å². The average molecular weight is 273 g/mol. The molecule has 0 unspecified atom stereocenters. The van der Waals surface area contributed by atoms with E-state index in [1.165, 1.54) is 6.07 Å². The van der Waals surface area contributed by atoms with Crippen molar-refractivity contribution in [2.75, 3.05) is 23.8 Å². The van der Waals surface area contributed by atoms with Gasteiger partial charge in [-0.15, -0.1) is 0 Å². The van der Waals surface area contributed by atoms with Crippen LogP contribution in [0.25, 0.3) is 0 Å². The lowest BCUT2D eigenvalue weighted by Crippen LogP contribution is -2.19. The van der Waals surface area contributed by atoms with E-state index in [0.717, 1.165) is 24.6 Å². The van der Waals surface area contributed by atoms with Gasteiger partial charge in [0.25, 0.3) is 0 Å². The average Bonchev–Trinajstić information content (AvgIpc) is 2.48. The Morgan fingerprint density at radius 3 is 2.70 bits per heavy atom. The SMILES string of the molecule is CCCNc1cccc(N(C)Cc2ccccc2F)n1. The van der Waals surface area contributed by atoms with E-state index in [2.05, 4.69) is 17.2 Å². The summed E-state index contributed by atoms with van der Waals surface area (Å²) >= 11 is 0. The van der Waals surface area contributed by atoms with Gasteiger partial charge in [-0.3, -0.25) is 0 Å². The Labute approximate surface area is 119 Å². The third kappa shape index (κ3) is 3.70. The van der Waals surface area contributed by atoms with Crippen molar-refractivity contribution in [3.05, 3.63) is 53.8 Å². The van der Waals surface area contributed by atoms with Crippen LogP contribution in [0.5, 0.6) is 0 Å². The Balaban J connectivity index is 2.09. The van der Waals surface area contributed by atoms with Crippen LogP contribution in [0.1, 0.15) is 18.9 Å². The number of nitrogens with zero attached hydrogens (tertiary/aromatic N) is 2. The molecule has 0 saturated heterocycles. The molecule has 2 rings (SSSR count). The van der Waals surface area contributed by atoms with Crippen molar-refractivity contribution in [1.82, 2.24) is 4.98 Å². The number of hydrogen-bond acceptors (Lipinski definition) is 3. The van der Waals surface area contributed by atoms with Gasteiger partial charge in [0.05, 0.1) is 0 Å². The molecular weight excluding hydrogens is 253 g/mol. The molecule has 4 heteroatoms. The predicted octanol–water partition coefficient (Wildman–Crippen LogP) is 3.68. The summed E-state index contributed by atoms with van der Waals surface area (Å²) in [5.74, 6) is 1.50. The molecular formula is C16H20FN3. The molecule has 1 N–H and O–H groups in total. The number of aromatic nitrogens is 1. The maximum Gasteiger partial charge on any atom is 0.130 e. The zero-order valence-corrected chi connectivity index (χ0v) is 11.9. The topological polar surface area (TPSA) is 28.2 Å². The summed E-state index contributed by atoms with van der Waals surface area (Å²) in [6.45, 7) is 3.51. The van der Waals surface area contributed by atoms with E-state index in [1.54, 1.807) is 12.1 Å². The molecule has 0 spiro atoms.